The van der Waals surface area contributed by atoms with Gasteiger partial charge in [-0.05, 0) is 71.1 Å². The molecule has 0 spiro atoms. The largest absolute Gasteiger partial charge is 0.394 e. The SMILES string of the molecule is C/C=C/CC/C=C/CC/C=C/C(O)C(COC1OC(CO)C(OC2OC(CO)C(O)C(O)C2O)C(O)C1O)NC(=O)CCCCCCCCCCC/C=C\C/C=C\CCCCCCC. The predicted octanol–water partition coefficient (Wildman–Crippen LogP) is 5.88. The second kappa shape index (κ2) is 36.8. The van der Waals surface area contributed by atoms with Gasteiger partial charge < -0.3 is 65.1 Å². The summed E-state index contributed by atoms with van der Waals surface area (Å²) in [5.74, 6) is -0.264. The number of nitrogens with one attached hydrogen (secondary N) is 1. The Bertz CT molecular complexity index is 1310. The fourth-order valence-corrected chi connectivity index (χ4v) is 7.71. The fraction of sp³-hybridized carbons (Fsp3) is 0.780. The Balaban J connectivity index is 1.80. The van der Waals surface area contributed by atoms with Crippen molar-refractivity contribution in [2.45, 2.75) is 229 Å². The monoisotopic (exact) mass is 910 g/mol. The van der Waals surface area contributed by atoms with E-state index in [-0.39, 0.29) is 18.9 Å². The molecule has 370 valence electrons. The van der Waals surface area contributed by atoms with Crippen LogP contribution < -0.4 is 5.32 Å². The average molecular weight is 910 g/mol. The topological polar surface area (TPSA) is 228 Å². The first kappa shape index (κ1) is 57.8. The van der Waals surface area contributed by atoms with E-state index in [1.165, 1.54) is 70.6 Å². The third kappa shape index (κ3) is 23.9. The molecule has 9 N–H and O–H groups in total. The summed E-state index contributed by atoms with van der Waals surface area (Å²) in [4.78, 5) is 13.1. The third-order valence-corrected chi connectivity index (χ3v) is 11.7. The molecule has 2 aliphatic heterocycles. The van der Waals surface area contributed by atoms with Crippen molar-refractivity contribution in [1.29, 1.82) is 0 Å². The number of amides is 1. The molecular formula is C50H87NO13. The molecule has 0 aromatic rings. The Labute approximate surface area is 384 Å². The second-order valence-electron chi connectivity index (χ2n) is 17.2. The number of aliphatic hydroxyl groups is 8. The van der Waals surface area contributed by atoms with Crippen LogP contribution in [0.2, 0.25) is 0 Å². The van der Waals surface area contributed by atoms with Gasteiger partial charge in [0.15, 0.2) is 12.6 Å². The number of rotatable bonds is 36. The zero-order chi connectivity index (χ0) is 46.8. The molecule has 0 radical (unpaired) electrons. The molecular weight excluding hydrogens is 823 g/mol. The van der Waals surface area contributed by atoms with Crippen molar-refractivity contribution in [1.82, 2.24) is 5.32 Å². The highest BCUT2D eigenvalue weighted by atomic mass is 16.7. The molecule has 12 unspecified atom stereocenters. The summed E-state index contributed by atoms with van der Waals surface area (Å²) in [5.41, 5.74) is 0. The normalized spacial score (nSPS) is 27.8. The number of aliphatic hydroxyl groups excluding tert-OH is 8. The van der Waals surface area contributed by atoms with Gasteiger partial charge in [0, 0.05) is 6.42 Å². The van der Waals surface area contributed by atoms with Gasteiger partial charge in [0.05, 0.1) is 32.0 Å². The highest BCUT2D eigenvalue weighted by Crippen LogP contribution is 2.30. The van der Waals surface area contributed by atoms with Crippen LogP contribution in [-0.2, 0) is 23.7 Å². The van der Waals surface area contributed by atoms with E-state index in [1.807, 2.05) is 19.1 Å². The first-order valence-corrected chi connectivity index (χ1v) is 24.5. The van der Waals surface area contributed by atoms with E-state index in [4.69, 9.17) is 18.9 Å². The molecule has 0 aromatic carbocycles. The van der Waals surface area contributed by atoms with Crippen LogP contribution in [0, 0.1) is 0 Å². The molecule has 0 aliphatic carbocycles. The van der Waals surface area contributed by atoms with Crippen LogP contribution in [0.4, 0.5) is 0 Å². The summed E-state index contributed by atoms with van der Waals surface area (Å²) in [7, 11) is 0. The Morgan fingerprint density at radius 1 is 0.594 bits per heavy atom. The molecule has 12 atom stereocenters. The maximum atomic E-state index is 13.1. The molecule has 14 nitrogen and oxygen atoms in total. The standard InChI is InChI=1S/C50H87NO13/c1-3-5-7-9-11-13-14-15-16-17-18-19-20-21-22-23-24-26-28-30-32-34-42(55)51-38(39(54)33-31-29-27-25-12-10-8-6-4-2)37-61-49-47(60)45(58)48(41(36-53)63-49)64-50-46(59)44(57)43(56)40(35-52)62-50/h4,6,12,14-15,17-18,25,31,33,38-41,43-50,52-54,56-60H,3,5,7-11,13,16,19-24,26-30,32,34-37H2,1-2H3,(H,51,55)/b6-4+,15-14-,18-17-,25-12+,33-31+. The number of carbonyl (C=O) groups is 1. The molecule has 2 fully saturated rings. The summed E-state index contributed by atoms with van der Waals surface area (Å²) in [6.45, 7) is 2.48. The molecule has 0 saturated carbocycles. The van der Waals surface area contributed by atoms with Gasteiger partial charge in [-0.3, -0.25) is 4.79 Å². The molecule has 2 rings (SSSR count). The third-order valence-electron chi connectivity index (χ3n) is 11.7. The van der Waals surface area contributed by atoms with Crippen molar-refractivity contribution < 1.29 is 64.6 Å². The van der Waals surface area contributed by atoms with Gasteiger partial charge in [0.25, 0.3) is 0 Å². The maximum absolute atomic E-state index is 13.1. The minimum absolute atomic E-state index is 0.262. The first-order valence-electron chi connectivity index (χ1n) is 24.5. The van der Waals surface area contributed by atoms with Gasteiger partial charge in [-0.25, -0.2) is 0 Å². The van der Waals surface area contributed by atoms with E-state index in [2.05, 4.69) is 54.8 Å². The Morgan fingerprint density at radius 2 is 1.11 bits per heavy atom. The number of hydrogen-bond donors (Lipinski definition) is 9. The van der Waals surface area contributed by atoms with Crippen LogP contribution in [0.25, 0.3) is 0 Å². The Hall–Kier alpha value is -2.31. The van der Waals surface area contributed by atoms with E-state index < -0.39 is 86.8 Å². The minimum Gasteiger partial charge on any atom is -0.394 e. The molecule has 2 heterocycles. The molecule has 64 heavy (non-hydrogen) atoms. The van der Waals surface area contributed by atoms with Gasteiger partial charge in [-0.1, -0.05) is 138 Å². The maximum Gasteiger partial charge on any atom is 0.220 e. The van der Waals surface area contributed by atoms with Crippen molar-refractivity contribution in [3.63, 3.8) is 0 Å². The van der Waals surface area contributed by atoms with Crippen LogP contribution in [-0.4, -0.2) is 140 Å². The van der Waals surface area contributed by atoms with Gasteiger partial charge in [0.1, 0.15) is 48.8 Å². The van der Waals surface area contributed by atoms with Crippen molar-refractivity contribution in [2.75, 3.05) is 19.8 Å². The number of allylic oxidation sites excluding steroid dienone is 9. The molecule has 2 aliphatic rings. The highest BCUT2D eigenvalue weighted by Gasteiger charge is 2.51. The van der Waals surface area contributed by atoms with Gasteiger partial charge >= 0.3 is 0 Å². The van der Waals surface area contributed by atoms with Crippen LogP contribution in [0.5, 0.6) is 0 Å². The smallest absolute Gasteiger partial charge is 0.220 e. The van der Waals surface area contributed by atoms with Gasteiger partial charge in [-0.2, -0.15) is 0 Å². The lowest BCUT2D eigenvalue weighted by molar-refractivity contribution is -0.359. The summed E-state index contributed by atoms with van der Waals surface area (Å²) in [6, 6.07) is -0.939. The number of hydrogen-bond acceptors (Lipinski definition) is 13. The lowest BCUT2D eigenvalue weighted by atomic mass is 9.97. The fourth-order valence-electron chi connectivity index (χ4n) is 7.71. The van der Waals surface area contributed by atoms with E-state index in [9.17, 15) is 45.6 Å². The van der Waals surface area contributed by atoms with Crippen molar-refractivity contribution in [3.8, 4) is 0 Å². The van der Waals surface area contributed by atoms with E-state index in [0.29, 0.717) is 12.8 Å². The van der Waals surface area contributed by atoms with E-state index in [1.54, 1.807) is 6.08 Å². The Kier molecular flexibility index (Phi) is 33.2. The molecule has 0 aromatic heterocycles. The molecule has 1 amide bonds. The predicted molar refractivity (Wildman–Crippen MR) is 249 cm³/mol. The van der Waals surface area contributed by atoms with Crippen LogP contribution in [0.1, 0.15) is 155 Å². The van der Waals surface area contributed by atoms with Crippen molar-refractivity contribution in [3.05, 3.63) is 60.8 Å². The molecule has 14 heteroatoms. The lowest BCUT2D eigenvalue weighted by Crippen LogP contribution is -2.65. The summed E-state index contributed by atoms with van der Waals surface area (Å²) >= 11 is 0. The average Bonchev–Trinajstić information content (AvgIpc) is 3.29. The molecule has 0 bridgehead atoms. The van der Waals surface area contributed by atoms with Crippen LogP contribution in [0.3, 0.4) is 0 Å². The van der Waals surface area contributed by atoms with E-state index >= 15 is 0 Å². The van der Waals surface area contributed by atoms with Crippen LogP contribution >= 0.6 is 0 Å². The summed E-state index contributed by atoms with van der Waals surface area (Å²) in [5, 5.41) is 86.4. The Morgan fingerprint density at radius 3 is 1.70 bits per heavy atom. The van der Waals surface area contributed by atoms with Gasteiger partial charge in [0.2, 0.25) is 5.91 Å². The molecule has 2 saturated heterocycles. The van der Waals surface area contributed by atoms with Crippen molar-refractivity contribution >= 4 is 5.91 Å². The first-order chi connectivity index (χ1) is 31.1. The number of unbranched alkanes of at least 4 members (excludes halogenated alkanes) is 16. The zero-order valence-electron chi connectivity index (χ0n) is 39.0. The number of carbonyl (C=O) groups excluding carboxylic acids is 1. The van der Waals surface area contributed by atoms with Crippen molar-refractivity contribution in [2.24, 2.45) is 0 Å². The summed E-state index contributed by atoms with van der Waals surface area (Å²) < 4.78 is 22.6. The zero-order valence-corrected chi connectivity index (χ0v) is 39.0. The summed E-state index contributed by atoms with van der Waals surface area (Å²) in [6.07, 6.45) is 27.3. The number of ether oxygens (including phenoxy) is 4. The minimum atomic E-state index is -1.79. The van der Waals surface area contributed by atoms with Gasteiger partial charge in [-0.15, -0.1) is 0 Å². The van der Waals surface area contributed by atoms with Crippen LogP contribution in [0.15, 0.2) is 60.8 Å². The second-order valence-corrected chi connectivity index (χ2v) is 17.2. The highest BCUT2D eigenvalue weighted by molar-refractivity contribution is 5.76. The quantitative estimate of drug-likeness (QED) is 0.0265. The van der Waals surface area contributed by atoms with E-state index in [0.717, 1.165) is 51.4 Å². The lowest BCUT2D eigenvalue weighted by Gasteiger charge is -2.46.